The normalized spacial score (nSPS) is 12.3. The smallest absolute Gasteiger partial charge is 0.263 e. The van der Waals surface area contributed by atoms with Crippen LogP contribution in [0.1, 0.15) is 20.3 Å². The molecule has 0 aromatic carbocycles. The van der Waals surface area contributed by atoms with Crippen molar-refractivity contribution in [3.8, 4) is 0 Å². The number of aromatic nitrogens is 1. The minimum absolute atomic E-state index is 0.256. The number of sulfonamides is 1. The Bertz CT molecular complexity index is 491. The fourth-order valence-electron chi connectivity index (χ4n) is 1.58. The highest BCUT2D eigenvalue weighted by molar-refractivity contribution is 7.89. The van der Waals surface area contributed by atoms with Crippen LogP contribution in [-0.2, 0) is 10.0 Å². The van der Waals surface area contributed by atoms with Gasteiger partial charge in [-0.05, 0) is 38.9 Å². The molecule has 0 amide bonds. The molecule has 7 heteroatoms. The third-order valence-corrected chi connectivity index (χ3v) is 4.45. The lowest BCUT2D eigenvalue weighted by Gasteiger charge is -2.25. The second-order valence-electron chi connectivity index (χ2n) is 4.14. The van der Waals surface area contributed by atoms with E-state index in [0.717, 1.165) is 6.07 Å². The maximum Gasteiger partial charge on any atom is 0.263 e. The molecule has 1 heterocycles. The molecule has 2 N–H and O–H groups in total. The highest BCUT2D eigenvalue weighted by Gasteiger charge is 2.30. The molecule has 0 spiro atoms. The summed E-state index contributed by atoms with van der Waals surface area (Å²) in [5.41, 5.74) is 5.38. The van der Waals surface area contributed by atoms with Crippen LogP contribution in [0.25, 0.3) is 0 Å². The molecule has 0 saturated heterocycles. The zero-order valence-electron chi connectivity index (χ0n) is 10.5. The summed E-state index contributed by atoms with van der Waals surface area (Å²) in [6, 6.07) is 2.16. The fraction of sp³-hybridized carbons (Fsp3) is 0.545. The number of nitrogens with two attached hydrogens (primary N) is 1. The van der Waals surface area contributed by atoms with Crippen LogP contribution in [0, 0.1) is 5.82 Å². The Morgan fingerprint density at radius 2 is 2.17 bits per heavy atom. The van der Waals surface area contributed by atoms with E-state index >= 15 is 0 Å². The lowest BCUT2D eigenvalue weighted by atomic mass is 10.3. The summed E-state index contributed by atoms with van der Waals surface area (Å²) >= 11 is 0. The largest absolute Gasteiger partial charge is 0.330 e. The average molecular weight is 275 g/mol. The Balaban J connectivity index is 3.14. The SMILES string of the molecule is CC(C)N(CCCN)S(=O)(=O)c1ncccc1F. The minimum atomic E-state index is -3.91. The number of hydrogen-bond acceptors (Lipinski definition) is 4. The molecule has 1 aromatic heterocycles. The van der Waals surface area contributed by atoms with Gasteiger partial charge >= 0.3 is 0 Å². The third-order valence-electron chi connectivity index (χ3n) is 2.44. The van der Waals surface area contributed by atoms with Gasteiger partial charge in [0, 0.05) is 18.8 Å². The quantitative estimate of drug-likeness (QED) is 0.839. The van der Waals surface area contributed by atoms with Crippen LogP contribution in [-0.4, -0.2) is 36.8 Å². The van der Waals surface area contributed by atoms with Crippen LogP contribution in [0.5, 0.6) is 0 Å². The summed E-state index contributed by atoms with van der Waals surface area (Å²) in [4.78, 5) is 3.63. The van der Waals surface area contributed by atoms with Crippen molar-refractivity contribution in [3.63, 3.8) is 0 Å². The Labute approximate surface area is 107 Å². The second-order valence-corrected chi connectivity index (χ2v) is 5.95. The summed E-state index contributed by atoms with van der Waals surface area (Å²) in [7, 11) is -3.91. The maximum absolute atomic E-state index is 13.5. The van der Waals surface area contributed by atoms with E-state index in [2.05, 4.69) is 4.98 Å². The predicted octanol–water partition coefficient (Wildman–Crippen LogP) is 0.969. The molecule has 0 bridgehead atoms. The van der Waals surface area contributed by atoms with Crippen molar-refractivity contribution in [1.82, 2.24) is 9.29 Å². The van der Waals surface area contributed by atoms with Gasteiger partial charge in [-0.2, -0.15) is 4.31 Å². The van der Waals surface area contributed by atoms with Crippen molar-refractivity contribution in [2.75, 3.05) is 13.1 Å². The fourth-order valence-corrected chi connectivity index (χ4v) is 3.23. The first-order chi connectivity index (χ1) is 8.41. The highest BCUT2D eigenvalue weighted by atomic mass is 32.2. The molecular weight excluding hydrogens is 257 g/mol. The van der Waals surface area contributed by atoms with Gasteiger partial charge in [0.15, 0.2) is 5.82 Å². The third kappa shape index (κ3) is 3.24. The Morgan fingerprint density at radius 1 is 1.50 bits per heavy atom. The molecule has 5 nitrogen and oxygen atoms in total. The summed E-state index contributed by atoms with van der Waals surface area (Å²) < 4.78 is 39.3. The Kier molecular flexibility index (Phi) is 5.18. The standard InChI is InChI=1S/C11H18FN3O2S/c1-9(2)15(8-4-6-13)18(16,17)11-10(12)5-3-7-14-11/h3,5,7,9H,4,6,8,13H2,1-2H3. The zero-order chi connectivity index (χ0) is 13.8. The number of rotatable bonds is 6. The first-order valence-electron chi connectivity index (χ1n) is 5.73. The molecule has 18 heavy (non-hydrogen) atoms. The van der Waals surface area contributed by atoms with Gasteiger partial charge in [0.05, 0.1) is 0 Å². The molecular formula is C11H18FN3O2S. The summed E-state index contributed by atoms with van der Waals surface area (Å²) in [6.45, 7) is 4.10. The van der Waals surface area contributed by atoms with E-state index in [1.807, 2.05) is 0 Å². The molecule has 0 saturated carbocycles. The van der Waals surface area contributed by atoms with Crippen LogP contribution in [0.2, 0.25) is 0 Å². The van der Waals surface area contributed by atoms with Crippen molar-refractivity contribution < 1.29 is 12.8 Å². The van der Waals surface area contributed by atoms with Crippen LogP contribution >= 0.6 is 0 Å². The molecule has 0 aliphatic heterocycles. The molecule has 0 radical (unpaired) electrons. The first kappa shape index (κ1) is 15.0. The van der Waals surface area contributed by atoms with Crippen molar-refractivity contribution in [3.05, 3.63) is 24.1 Å². The number of nitrogens with zero attached hydrogens (tertiary/aromatic N) is 2. The van der Waals surface area contributed by atoms with Crippen molar-refractivity contribution in [2.45, 2.75) is 31.3 Å². The van der Waals surface area contributed by atoms with E-state index in [-0.39, 0.29) is 12.6 Å². The van der Waals surface area contributed by atoms with E-state index < -0.39 is 20.9 Å². The molecule has 0 atom stereocenters. The van der Waals surface area contributed by atoms with Crippen molar-refractivity contribution in [1.29, 1.82) is 0 Å². The lowest BCUT2D eigenvalue weighted by Crippen LogP contribution is -2.39. The second kappa shape index (κ2) is 6.21. The number of pyridine rings is 1. The highest BCUT2D eigenvalue weighted by Crippen LogP contribution is 2.18. The molecule has 1 rings (SSSR count). The van der Waals surface area contributed by atoms with Crippen molar-refractivity contribution in [2.24, 2.45) is 5.73 Å². The van der Waals surface area contributed by atoms with Crippen LogP contribution < -0.4 is 5.73 Å². The predicted molar refractivity (Wildman–Crippen MR) is 66.9 cm³/mol. The van der Waals surface area contributed by atoms with E-state index in [4.69, 9.17) is 5.73 Å². The summed E-state index contributed by atoms with van der Waals surface area (Å²) in [5, 5.41) is -0.532. The zero-order valence-corrected chi connectivity index (χ0v) is 11.3. The lowest BCUT2D eigenvalue weighted by molar-refractivity contribution is 0.347. The maximum atomic E-state index is 13.5. The van der Waals surface area contributed by atoms with E-state index in [9.17, 15) is 12.8 Å². The molecule has 0 aliphatic rings. The van der Waals surface area contributed by atoms with Gasteiger partial charge in [0.1, 0.15) is 0 Å². The summed E-state index contributed by atoms with van der Waals surface area (Å²) in [6.07, 6.45) is 1.78. The van der Waals surface area contributed by atoms with E-state index in [1.54, 1.807) is 13.8 Å². The van der Waals surface area contributed by atoms with Crippen molar-refractivity contribution >= 4 is 10.0 Å². The van der Waals surface area contributed by atoms with Gasteiger partial charge in [0.2, 0.25) is 5.03 Å². The van der Waals surface area contributed by atoms with Gasteiger partial charge in [-0.3, -0.25) is 0 Å². The van der Waals surface area contributed by atoms with Crippen LogP contribution in [0.3, 0.4) is 0 Å². The van der Waals surface area contributed by atoms with E-state index in [0.29, 0.717) is 13.0 Å². The van der Waals surface area contributed by atoms with Gasteiger partial charge in [-0.25, -0.2) is 17.8 Å². The van der Waals surface area contributed by atoms with Gasteiger partial charge < -0.3 is 5.73 Å². The Hall–Kier alpha value is -1.05. The number of halogens is 1. The Morgan fingerprint density at radius 3 is 2.67 bits per heavy atom. The van der Waals surface area contributed by atoms with Crippen LogP contribution in [0.4, 0.5) is 4.39 Å². The molecule has 102 valence electrons. The van der Waals surface area contributed by atoms with Gasteiger partial charge in [-0.15, -0.1) is 0 Å². The average Bonchev–Trinajstić information content (AvgIpc) is 2.29. The molecule has 0 aliphatic carbocycles. The molecule has 0 fully saturated rings. The van der Waals surface area contributed by atoms with Gasteiger partial charge in [0.25, 0.3) is 10.0 Å². The topological polar surface area (TPSA) is 76.3 Å². The van der Waals surface area contributed by atoms with Crippen LogP contribution in [0.15, 0.2) is 23.4 Å². The molecule has 1 aromatic rings. The summed E-state index contributed by atoms with van der Waals surface area (Å²) in [5.74, 6) is -0.837. The first-order valence-corrected chi connectivity index (χ1v) is 7.17. The molecule has 0 unspecified atom stereocenters. The van der Waals surface area contributed by atoms with Gasteiger partial charge in [-0.1, -0.05) is 0 Å². The minimum Gasteiger partial charge on any atom is -0.330 e. The number of hydrogen-bond donors (Lipinski definition) is 1. The monoisotopic (exact) mass is 275 g/mol. The van der Waals surface area contributed by atoms with E-state index in [1.165, 1.54) is 16.6 Å².